The van der Waals surface area contributed by atoms with Crippen LogP contribution in [0.25, 0.3) is 0 Å². The van der Waals surface area contributed by atoms with E-state index in [1.165, 1.54) is 18.5 Å². The fraction of sp³-hybridized carbons (Fsp3) is 0.800. The topological polar surface area (TPSA) is 34.6 Å². The van der Waals surface area contributed by atoms with Gasteiger partial charge in [0.15, 0.2) is 0 Å². The third kappa shape index (κ3) is 3.22. The summed E-state index contributed by atoms with van der Waals surface area (Å²) in [6.45, 7) is 8.80. The smallest absolute Gasteiger partial charge is 0.0897 e. The summed E-state index contributed by atoms with van der Waals surface area (Å²) in [7, 11) is 0. The highest BCUT2D eigenvalue weighted by molar-refractivity contribution is 7.09. The second-order valence-corrected chi connectivity index (χ2v) is 7.01. The fourth-order valence-corrected chi connectivity index (χ4v) is 4.07. The Balaban J connectivity index is 1.59. The van der Waals surface area contributed by atoms with E-state index >= 15 is 0 Å². The van der Waals surface area contributed by atoms with Crippen molar-refractivity contribution < 1.29 is 9.47 Å². The minimum Gasteiger partial charge on any atom is -0.376 e. The quantitative estimate of drug-likeness (QED) is 0.855. The Hall–Kier alpha value is -0.490. The average molecular weight is 296 g/mol. The summed E-state index contributed by atoms with van der Waals surface area (Å²) in [6.07, 6.45) is 3.72. The molecule has 3 rings (SSSR count). The van der Waals surface area contributed by atoms with Crippen molar-refractivity contribution in [1.29, 1.82) is 0 Å². The van der Waals surface area contributed by atoms with Crippen molar-refractivity contribution in [2.24, 2.45) is 0 Å². The van der Waals surface area contributed by atoms with Gasteiger partial charge in [0.1, 0.15) is 0 Å². The minimum absolute atomic E-state index is 0.0309. The molecular formula is C15H24N2O2S. The van der Waals surface area contributed by atoms with Gasteiger partial charge in [-0.15, -0.1) is 11.3 Å². The number of thiazole rings is 1. The van der Waals surface area contributed by atoms with Gasteiger partial charge in [0.2, 0.25) is 0 Å². The van der Waals surface area contributed by atoms with Crippen molar-refractivity contribution in [2.45, 2.75) is 51.4 Å². The Labute approximate surface area is 125 Å². The number of nitrogens with zero attached hydrogens (tertiary/aromatic N) is 2. The molecular weight excluding hydrogens is 272 g/mol. The van der Waals surface area contributed by atoms with Crippen LogP contribution in [-0.4, -0.2) is 47.9 Å². The van der Waals surface area contributed by atoms with Gasteiger partial charge in [0, 0.05) is 31.5 Å². The van der Waals surface area contributed by atoms with Crippen LogP contribution in [0.4, 0.5) is 0 Å². The normalized spacial score (nSPS) is 31.2. The van der Waals surface area contributed by atoms with Crippen LogP contribution in [0, 0.1) is 6.92 Å². The van der Waals surface area contributed by atoms with Gasteiger partial charge in [-0.2, -0.15) is 0 Å². The lowest BCUT2D eigenvalue weighted by Gasteiger charge is -2.39. The molecule has 1 aromatic heterocycles. The van der Waals surface area contributed by atoms with E-state index in [1.54, 1.807) is 11.3 Å². The molecule has 2 saturated heterocycles. The molecule has 5 heteroatoms. The summed E-state index contributed by atoms with van der Waals surface area (Å²) >= 11 is 1.73. The number of likely N-dealkylation sites (tertiary alicyclic amines) is 1. The van der Waals surface area contributed by atoms with Gasteiger partial charge < -0.3 is 9.47 Å². The maximum Gasteiger partial charge on any atom is 0.0897 e. The second-order valence-electron chi connectivity index (χ2n) is 5.95. The van der Waals surface area contributed by atoms with E-state index in [9.17, 15) is 0 Å². The number of ether oxygens (including phenoxy) is 2. The average Bonchev–Trinajstić information content (AvgIpc) is 2.98. The van der Waals surface area contributed by atoms with E-state index in [2.05, 4.69) is 29.1 Å². The first-order valence-electron chi connectivity index (χ1n) is 7.58. The number of aromatic nitrogens is 1. The minimum atomic E-state index is 0.0309. The molecule has 0 saturated carbocycles. The molecule has 2 fully saturated rings. The van der Waals surface area contributed by atoms with Crippen molar-refractivity contribution in [3.05, 3.63) is 16.1 Å². The van der Waals surface area contributed by atoms with Crippen LogP contribution in [-0.2, 0) is 16.0 Å². The van der Waals surface area contributed by atoms with Gasteiger partial charge in [0.25, 0.3) is 0 Å². The predicted octanol–water partition coefficient (Wildman–Crippen LogP) is 2.61. The predicted molar refractivity (Wildman–Crippen MR) is 80.1 cm³/mol. The summed E-state index contributed by atoms with van der Waals surface area (Å²) in [4.78, 5) is 7.07. The van der Waals surface area contributed by atoms with Crippen LogP contribution in [0.5, 0.6) is 0 Å². The Bertz CT molecular complexity index is 451. The molecule has 112 valence electrons. The van der Waals surface area contributed by atoms with Crippen LogP contribution in [0.1, 0.15) is 36.9 Å². The van der Waals surface area contributed by atoms with Crippen LogP contribution < -0.4 is 0 Å². The van der Waals surface area contributed by atoms with E-state index in [0.717, 1.165) is 44.3 Å². The molecule has 0 radical (unpaired) electrons. The maximum absolute atomic E-state index is 6.14. The highest BCUT2D eigenvalue weighted by Gasteiger charge is 2.43. The Kier molecular flexibility index (Phi) is 4.40. The lowest BCUT2D eigenvalue weighted by molar-refractivity contribution is -0.0547. The SMILES string of the molecule is CCO[C@@H]1CO[C@]2(CCCN(Cc3csc(C)n3)C2)C1. The summed E-state index contributed by atoms with van der Waals surface area (Å²) in [5, 5.41) is 3.33. The lowest BCUT2D eigenvalue weighted by Crippen LogP contribution is -2.47. The first-order chi connectivity index (χ1) is 9.69. The van der Waals surface area contributed by atoms with Crippen LogP contribution >= 0.6 is 11.3 Å². The highest BCUT2D eigenvalue weighted by Crippen LogP contribution is 2.36. The zero-order valence-corrected chi connectivity index (χ0v) is 13.2. The lowest BCUT2D eigenvalue weighted by atomic mass is 9.89. The molecule has 4 nitrogen and oxygen atoms in total. The van der Waals surface area contributed by atoms with E-state index in [-0.39, 0.29) is 5.60 Å². The zero-order valence-electron chi connectivity index (χ0n) is 12.4. The Morgan fingerprint density at radius 2 is 2.50 bits per heavy atom. The van der Waals surface area contributed by atoms with Gasteiger partial charge in [-0.1, -0.05) is 0 Å². The van der Waals surface area contributed by atoms with Crippen LogP contribution in [0.3, 0.4) is 0 Å². The molecule has 0 bridgehead atoms. The van der Waals surface area contributed by atoms with E-state index < -0.39 is 0 Å². The first kappa shape index (κ1) is 14.4. The van der Waals surface area contributed by atoms with E-state index in [1.807, 2.05) is 0 Å². The fourth-order valence-electron chi connectivity index (χ4n) is 3.47. The molecule has 2 aliphatic rings. The molecule has 0 aliphatic carbocycles. The monoisotopic (exact) mass is 296 g/mol. The zero-order chi connectivity index (χ0) is 14.0. The number of rotatable bonds is 4. The molecule has 3 heterocycles. The molecule has 1 spiro atoms. The standard InChI is InChI=1S/C15H24N2O2S/c1-3-18-14-7-15(19-9-14)5-4-6-17(11-15)8-13-10-20-12(2)16-13/h10,14H,3-9,11H2,1-2H3/t14-,15+/m0/s1. The van der Waals surface area contributed by atoms with Crippen molar-refractivity contribution in [2.75, 3.05) is 26.3 Å². The molecule has 0 aromatic carbocycles. The molecule has 0 unspecified atom stereocenters. The third-order valence-electron chi connectivity index (χ3n) is 4.25. The summed E-state index contributed by atoms with van der Waals surface area (Å²) in [5.41, 5.74) is 1.23. The third-order valence-corrected chi connectivity index (χ3v) is 5.07. The molecule has 2 aliphatic heterocycles. The van der Waals surface area contributed by atoms with Crippen molar-refractivity contribution in [3.8, 4) is 0 Å². The largest absolute Gasteiger partial charge is 0.376 e. The van der Waals surface area contributed by atoms with Crippen LogP contribution in [0.2, 0.25) is 0 Å². The van der Waals surface area contributed by atoms with Gasteiger partial charge in [-0.05, 0) is 33.2 Å². The number of hydrogen-bond acceptors (Lipinski definition) is 5. The molecule has 0 amide bonds. The van der Waals surface area contributed by atoms with Crippen molar-refractivity contribution in [1.82, 2.24) is 9.88 Å². The molecule has 0 N–H and O–H groups in total. The number of aryl methyl sites for hydroxylation is 1. The van der Waals surface area contributed by atoms with E-state index in [4.69, 9.17) is 9.47 Å². The number of hydrogen-bond donors (Lipinski definition) is 0. The Morgan fingerprint density at radius 3 is 3.25 bits per heavy atom. The summed E-state index contributed by atoms with van der Waals surface area (Å²) in [5.74, 6) is 0. The molecule has 1 aromatic rings. The molecule has 2 atom stereocenters. The maximum atomic E-state index is 6.14. The molecule has 20 heavy (non-hydrogen) atoms. The second kappa shape index (κ2) is 6.10. The summed E-state index contributed by atoms with van der Waals surface area (Å²) in [6, 6.07) is 0. The van der Waals surface area contributed by atoms with Gasteiger partial charge in [0.05, 0.1) is 29.0 Å². The highest BCUT2D eigenvalue weighted by atomic mass is 32.1. The van der Waals surface area contributed by atoms with Crippen molar-refractivity contribution in [3.63, 3.8) is 0 Å². The van der Waals surface area contributed by atoms with Gasteiger partial charge in [-0.3, -0.25) is 4.90 Å². The Morgan fingerprint density at radius 1 is 1.60 bits per heavy atom. The van der Waals surface area contributed by atoms with Gasteiger partial charge >= 0.3 is 0 Å². The van der Waals surface area contributed by atoms with E-state index in [0.29, 0.717) is 6.10 Å². The summed E-state index contributed by atoms with van der Waals surface area (Å²) < 4.78 is 11.9. The van der Waals surface area contributed by atoms with Crippen LogP contribution in [0.15, 0.2) is 5.38 Å². The van der Waals surface area contributed by atoms with Gasteiger partial charge in [-0.25, -0.2) is 4.98 Å². The van der Waals surface area contributed by atoms with Crippen molar-refractivity contribution >= 4 is 11.3 Å². The first-order valence-corrected chi connectivity index (χ1v) is 8.46. The number of piperidine rings is 1.